The molecule has 3 heterocycles. The highest BCUT2D eigenvalue weighted by atomic mass is 16.5. The quantitative estimate of drug-likeness (QED) is 0.265. The zero-order valence-corrected chi connectivity index (χ0v) is 25.7. The van der Waals surface area contributed by atoms with Crippen LogP contribution in [0.3, 0.4) is 0 Å². The molecule has 4 atom stereocenters. The number of nitrogens with one attached hydrogen (secondary N) is 4. The molecular weight excluding hydrogens is 584 g/mol. The molecule has 2 bridgehead atoms. The van der Waals surface area contributed by atoms with Crippen LogP contribution in [0.15, 0.2) is 47.2 Å². The number of rotatable bonds is 4. The van der Waals surface area contributed by atoms with E-state index < -0.39 is 53.8 Å². The van der Waals surface area contributed by atoms with Gasteiger partial charge in [-0.3, -0.25) is 24.0 Å². The van der Waals surface area contributed by atoms with Crippen molar-refractivity contribution in [1.29, 1.82) is 0 Å². The third-order valence-corrected chi connectivity index (χ3v) is 7.38. The first-order chi connectivity index (χ1) is 21.4. The Hall–Kier alpha value is -5.05. The minimum absolute atomic E-state index is 0.0259. The number of nitrogens with zero attached hydrogens (tertiary/aromatic N) is 4. The lowest BCUT2D eigenvalue weighted by Crippen LogP contribution is -2.58. The molecule has 1 aromatic carbocycles. The number of aliphatic hydroxyl groups excluding tert-OH is 1. The van der Waals surface area contributed by atoms with E-state index in [0.717, 1.165) is 0 Å². The number of carbonyl (C=O) groups is 5. The SMILES string of the molecule is CC(C)[C@@H]1NC(=O)[C@H](C)NC(=O)[C@H]([C@@H](C)O)NC(=O)c2cc(on2)CN(C(=O)c2ccccc2-c2nccn2C)CCNC1=O. The summed E-state index contributed by atoms with van der Waals surface area (Å²) in [6, 6.07) is 4.81. The summed E-state index contributed by atoms with van der Waals surface area (Å²) >= 11 is 0. The van der Waals surface area contributed by atoms with Crippen LogP contribution >= 0.6 is 0 Å². The number of aryl methyl sites for hydroxylation is 1. The van der Waals surface area contributed by atoms with Gasteiger partial charge in [0.1, 0.15) is 23.9 Å². The lowest BCUT2D eigenvalue weighted by atomic mass is 10.0. The van der Waals surface area contributed by atoms with Gasteiger partial charge in [-0.1, -0.05) is 37.2 Å². The maximum atomic E-state index is 14.0. The van der Waals surface area contributed by atoms with Crippen molar-refractivity contribution >= 4 is 29.5 Å². The molecule has 2 aromatic heterocycles. The molecule has 15 nitrogen and oxygen atoms in total. The van der Waals surface area contributed by atoms with Crippen LogP contribution in [0.5, 0.6) is 0 Å². The number of hydrogen-bond acceptors (Lipinski definition) is 9. The molecule has 45 heavy (non-hydrogen) atoms. The van der Waals surface area contributed by atoms with Crippen molar-refractivity contribution in [3.8, 4) is 11.4 Å². The molecule has 240 valence electrons. The number of hydrogen-bond donors (Lipinski definition) is 5. The van der Waals surface area contributed by atoms with Gasteiger partial charge in [-0.25, -0.2) is 4.98 Å². The summed E-state index contributed by atoms with van der Waals surface area (Å²) in [5.41, 5.74) is 0.754. The van der Waals surface area contributed by atoms with Crippen molar-refractivity contribution in [3.63, 3.8) is 0 Å². The van der Waals surface area contributed by atoms with Gasteiger partial charge in [0.15, 0.2) is 11.5 Å². The van der Waals surface area contributed by atoms with Crippen LogP contribution in [0.2, 0.25) is 0 Å². The zero-order valence-electron chi connectivity index (χ0n) is 25.7. The lowest BCUT2D eigenvalue weighted by molar-refractivity contribution is -0.133. The summed E-state index contributed by atoms with van der Waals surface area (Å²) in [5.74, 6) is -2.72. The van der Waals surface area contributed by atoms with E-state index in [1.54, 1.807) is 55.1 Å². The number of aromatic nitrogens is 3. The van der Waals surface area contributed by atoms with Gasteiger partial charge >= 0.3 is 0 Å². The molecule has 4 rings (SSSR count). The van der Waals surface area contributed by atoms with E-state index in [-0.39, 0.29) is 37.0 Å². The molecule has 15 heteroatoms. The summed E-state index contributed by atoms with van der Waals surface area (Å²) in [6.07, 6.45) is 2.06. The second kappa shape index (κ2) is 14.2. The number of imidazole rings is 1. The molecule has 1 aliphatic rings. The summed E-state index contributed by atoms with van der Waals surface area (Å²) in [6.45, 7) is 6.18. The Bertz CT molecular complexity index is 1560. The van der Waals surface area contributed by atoms with Gasteiger partial charge in [-0.05, 0) is 25.8 Å². The summed E-state index contributed by atoms with van der Waals surface area (Å²) in [7, 11) is 1.81. The fraction of sp³-hybridized carbons (Fsp3) is 0.433. The average molecular weight is 623 g/mol. The maximum Gasteiger partial charge on any atom is 0.274 e. The van der Waals surface area contributed by atoms with Crippen molar-refractivity contribution in [3.05, 3.63) is 59.7 Å². The summed E-state index contributed by atoms with van der Waals surface area (Å²) in [4.78, 5) is 71.9. The van der Waals surface area contributed by atoms with Gasteiger partial charge in [-0.15, -0.1) is 0 Å². The van der Waals surface area contributed by atoms with Gasteiger partial charge in [0.05, 0.1) is 18.2 Å². The topological polar surface area (TPSA) is 201 Å². The van der Waals surface area contributed by atoms with Gasteiger partial charge in [0.25, 0.3) is 11.8 Å². The first-order valence-electron chi connectivity index (χ1n) is 14.6. The third-order valence-electron chi connectivity index (χ3n) is 7.38. The highest BCUT2D eigenvalue weighted by Gasteiger charge is 2.32. The van der Waals surface area contributed by atoms with Gasteiger partial charge < -0.3 is 40.4 Å². The standard InChI is InChI=1S/C30H38N8O7/c1-16(2)23-28(42)32-11-13-38(30(44)21-9-7-6-8-20(21)25-31-10-12-37(25)5)15-19-14-22(36-45-19)27(41)35-24(18(4)39)29(43)33-17(3)26(40)34-23/h6-10,12,14,16-18,23-24,39H,11,13,15H2,1-5H3,(H,32,42)(H,33,43)(H,34,40)(H,35,41)/t17-,18+,23-,24-/m0/s1. The largest absolute Gasteiger partial charge is 0.391 e. The highest BCUT2D eigenvalue weighted by molar-refractivity contribution is 6.00. The van der Waals surface area contributed by atoms with E-state index in [0.29, 0.717) is 17.0 Å². The predicted octanol–water partition coefficient (Wildman–Crippen LogP) is -0.0280. The molecule has 0 spiro atoms. The highest BCUT2D eigenvalue weighted by Crippen LogP contribution is 2.24. The molecule has 3 aromatic rings. The number of carbonyl (C=O) groups excluding carboxylic acids is 5. The Kier molecular flexibility index (Phi) is 10.3. The fourth-order valence-electron chi connectivity index (χ4n) is 4.82. The lowest BCUT2D eigenvalue weighted by Gasteiger charge is -2.27. The second-order valence-electron chi connectivity index (χ2n) is 11.3. The van der Waals surface area contributed by atoms with Crippen LogP contribution in [0.4, 0.5) is 0 Å². The van der Waals surface area contributed by atoms with E-state index in [2.05, 4.69) is 31.4 Å². The molecule has 0 saturated heterocycles. The Morgan fingerprint density at radius 1 is 1.02 bits per heavy atom. The Labute approximate surface area is 259 Å². The molecule has 0 unspecified atom stereocenters. The van der Waals surface area contributed by atoms with Crippen LogP contribution in [-0.2, 0) is 28.0 Å². The van der Waals surface area contributed by atoms with Crippen LogP contribution in [0.25, 0.3) is 11.4 Å². The molecule has 0 fully saturated rings. The van der Waals surface area contributed by atoms with E-state index in [9.17, 15) is 29.1 Å². The second-order valence-corrected chi connectivity index (χ2v) is 11.3. The van der Waals surface area contributed by atoms with Gasteiger partial charge in [0, 0.05) is 44.2 Å². The molecular formula is C30H38N8O7. The van der Waals surface area contributed by atoms with Crippen LogP contribution in [0.1, 0.15) is 54.3 Å². The van der Waals surface area contributed by atoms with Crippen molar-refractivity contribution in [1.82, 2.24) is 40.9 Å². The third kappa shape index (κ3) is 7.73. The van der Waals surface area contributed by atoms with E-state index >= 15 is 0 Å². The Morgan fingerprint density at radius 2 is 1.76 bits per heavy atom. The molecule has 1 aliphatic heterocycles. The van der Waals surface area contributed by atoms with E-state index in [1.807, 2.05) is 7.05 Å². The van der Waals surface area contributed by atoms with Crippen LogP contribution in [0, 0.1) is 5.92 Å². The van der Waals surface area contributed by atoms with Crippen LogP contribution in [-0.4, -0.2) is 91.6 Å². The molecule has 0 radical (unpaired) electrons. The smallest absolute Gasteiger partial charge is 0.274 e. The molecule has 5 N–H and O–H groups in total. The number of aliphatic hydroxyl groups is 1. The minimum Gasteiger partial charge on any atom is -0.391 e. The normalized spacial score (nSPS) is 21.2. The van der Waals surface area contributed by atoms with E-state index in [4.69, 9.17) is 4.52 Å². The monoisotopic (exact) mass is 622 g/mol. The minimum atomic E-state index is -1.43. The van der Waals surface area contributed by atoms with Crippen molar-refractivity contribution in [2.75, 3.05) is 13.1 Å². The Balaban J connectivity index is 1.69. The number of amides is 5. The first-order valence-corrected chi connectivity index (χ1v) is 14.6. The zero-order chi connectivity index (χ0) is 32.8. The van der Waals surface area contributed by atoms with Gasteiger partial charge in [0.2, 0.25) is 17.7 Å². The van der Waals surface area contributed by atoms with Gasteiger partial charge in [-0.2, -0.15) is 0 Å². The maximum absolute atomic E-state index is 14.0. The average Bonchev–Trinajstić information content (AvgIpc) is 3.65. The summed E-state index contributed by atoms with van der Waals surface area (Å²) < 4.78 is 7.17. The molecule has 0 saturated carbocycles. The fourth-order valence-corrected chi connectivity index (χ4v) is 4.82. The molecule has 0 aliphatic carbocycles. The predicted molar refractivity (Wildman–Crippen MR) is 160 cm³/mol. The summed E-state index contributed by atoms with van der Waals surface area (Å²) in [5, 5.41) is 24.3. The van der Waals surface area contributed by atoms with Crippen molar-refractivity contribution in [2.24, 2.45) is 13.0 Å². The molecule has 5 amide bonds. The number of benzene rings is 1. The number of fused-ring (bicyclic) bond motifs is 2. The van der Waals surface area contributed by atoms with E-state index in [1.165, 1.54) is 24.8 Å². The van der Waals surface area contributed by atoms with Crippen LogP contribution < -0.4 is 21.3 Å². The first kappa shape index (κ1) is 32.9. The van der Waals surface area contributed by atoms with Crippen molar-refractivity contribution < 1.29 is 33.6 Å². The van der Waals surface area contributed by atoms with Crippen molar-refractivity contribution in [2.45, 2.75) is 58.5 Å². The Morgan fingerprint density at radius 3 is 2.42 bits per heavy atom.